The second-order valence-electron chi connectivity index (χ2n) is 9.69. The van der Waals surface area contributed by atoms with Gasteiger partial charge in [0.05, 0.1) is 11.8 Å². The molecule has 0 aromatic heterocycles. The highest BCUT2D eigenvalue weighted by Crippen LogP contribution is 2.51. The third-order valence-corrected chi connectivity index (χ3v) is 8.10. The minimum absolute atomic E-state index is 0.0298. The Hall–Kier alpha value is -2.68. The molecule has 5 rings (SSSR count). The molecule has 1 saturated carbocycles. The van der Waals surface area contributed by atoms with Crippen LogP contribution in [0.3, 0.4) is 0 Å². The number of hydrogen-bond acceptors (Lipinski definition) is 2. The molecule has 0 bridgehead atoms. The minimum Gasteiger partial charge on any atom is -0.279 e. The average Bonchev–Trinajstić information content (AvgIpc) is 3.07. The number of benzene rings is 2. The molecule has 0 spiro atoms. The van der Waals surface area contributed by atoms with E-state index in [9.17, 15) is 9.59 Å². The van der Waals surface area contributed by atoms with Crippen molar-refractivity contribution in [1.82, 2.24) is 4.90 Å². The van der Waals surface area contributed by atoms with Crippen LogP contribution in [0.25, 0.3) is 0 Å². The summed E-state index contributed by atoms with van der Waals surface area (Å²) in [6, 6.07) is 20.4. The van der Waals surface area contributed by atoms with Crippen molar-refractivity contribution in [2.75, 3.05) is 0 Å². The first-order valence-electron chi connectivity index (χ1n) is 11.7. The van der Waals surface area contributed by atoms with E-state index in [1.807, 2.05) is 36.4 Å². The van der Waals surface area contributed by atoms with E-state index in [0.717, 1.165) is 24.0 Å². The van der Waals surface area contributed by atoms with Crippen LogP contribution in [-0.4, -0.2) is 22.8 Å². The Morgan fingerprint density at radius 2 is 1.19 bits per heavy atom. The molecule has 0 radical (unpaired) electrons. The van der Waals surface area contributed by atoms with E-state index in [1.165, 1.54) is 6.42 Å². The van der Waals surface area contributed by atoms with E-state index < -0.39 is 0 Å². The zero-order valence-electron chi connectivity index (χ0n) is 18.4. The molecule has 1 heterocycles. The molecule has 0 N–H and O–H groups in total. The van der Waals surface area contributed by atoms with E-state index in [4.69, 9.17) is 0 Å². The van der Waals surface area contributed by atoms with E-state index in [2.05, 4.69) is 50.3 Å². The minimum atomic E-state index is -0.325. The van der Waals surface area contributed by atoms with Gasteiger partial charge in [0.15, 0.2) is 0 Å². The molecule has 2 amide bonds. The van der Waals surface area contributed by atoms with Crippen molar-refractivity contribution >= 4 is 11.8 Å². The van der Waals surface area contributed by atoms with Gasteiger partial charge in [-0.05, 0) is 29.4 Å². The van der Waals surface area contributed by atoms with Gasteiger partial charge in [0.25, 0.3) is 0 Å². The van der Waals surface area contributed by atoms with Gasteiger partial charge in [-0.3, -0.25) is 14.5 Å². The molecule has 1 aliphatic heterocycles. The topological polar surface area (TPSA) is 37.4 Å². The number of hydrogen-bond donors (Lipinski definition) is 0. The molecule has 2 aliphatic carbocycles. The number of fused-ring (bicyclic) bond motifs is 1. The standard InChI is InChI=1S/C28H31NO2/c1-18-10-9-15-24(19(18)2)29-27(30)25-22(20-11-5-3-6-12-20)16-17-23(26(25)28(29)31)21-13-7-4-8-14-21/h3-8,11-14,16-19,22-26H,9-10,15H2,1-2H3. The van der Waals surface area contributed by atoms with Crippen molar-refractivity contribution in [3.8, 4) is 0 Å². The predicted octanol–water partition coefficient (Wildman–Crippen LogP) is 5.55. The second-order valence-corrected chi connectivity index (χ2v) is 9.69. The highest BCUT2D eigenvalue weighted by molar-refractivity contribution is 6.07. The van der Waals surface area contributed by atoms with Crippen LogP contribution in [0.15, 0.2) is 72.8 Å². The number of carbonyl (C=O) groups excluding carboxylic acids is 2. The molecule has 3 aliphatic rings. The maximum Gasteiger partial charge on any atom is 0.234 e. The predicted molar refractivity (Wildman–Crippen MR) is 122 cm³/mol. The lowest BCUT2D eigenvalue weighted by Crippen LogP contribution is -2.47. The molecule has 7 unspecified atom stereocenters. The number of likely N-dealkylation sites (tertiary alicyclic amines) is 1. The van der Waals surface area contributed by atoms with Gasteiger partial charge in [0.2, 0.25) is 11.8 Å². The van der Waals surface area contributed by atoms with Crippen molar-refractivity contribution in [2.45, 2.75) is 51.0 Å². The van der Waals surface area contributed by atoms with Gasteiger partial charge in [-0.15, -0.1) is 0 Å². The summed E-state index contributed by atoms with van der Waals surface area (Å²) >= 11 is 0. The molecule has 1 saturated heterocycles. The SMILES string of the molecule is CC1CCCC(N2C(=O)C3C(c4ccccc4)C=CC(c4ccccc4)C3C2=O)C1C. The summed E-state index contributed by atoms with van der Waals surface area (Å²) in [7, 11) is 0. The Bertz CT molecular complexity index is 915. The summed E-state index contributed by atoms with van der Waals surface area (Å²) in [4.78, 5) is 29.6. The fourth-order valence-corrected chi connectivity index (χ4v) is 6.20. The normalized spacial score (nSPS) is 35.3. The monoisotopic (exact) mass is 413 g/mol. The molecular weight excluding hydrogens is 382 g/mol. The summed E-state index contributed by atoms with van der Waals surface area (Å²) in [6.45, 7) is 4.48. The summed E-state index contributed by atoms with van der Waals surface area (Å²) in [6.07, 6.45) is 7.56. The van der Waals surface area contributed by atoms with Gasteiger partial charge in [-0.1, -0.05) is 99.5 Å². The zero-order valence-corrected chi connectivity index (χ0v) is 18.4. The summed E-state index contributed by atoms with van der Waals surface area (Å²) in [5, 5.41) is 0. The lowest BCUT2D eigenvalue weighted by molar-refractivity contribution is -0.145. The van der Waals surface area contributed by atoms with E-state index in [-0.39, 0.29) is 41.5 Å². The lowest BCUT2D eigenvalue weighted by Gasteiger charge is -2.39. The van der Waals surface area contributed by atoms with Gasteiger partial charge >= 0.3 is 0 Å². The van der Waals surface area contributed by atoms with Crippen LogP contribution < -0.4 is 0 Å². The fourth-order valence-electron chi connectivity index (χ4n) is 6.20. The van der Waals surface area contributed by atoms with Crippen molar-refractivity contribution in [1.29, 1.82) is 0 Å². The molecule has 3 nitrogen and oxygen atoms in total. The van der Waals surface area contributed by atoms with Crippen LogP contribution in [-0.2, 0) is 9.59 Å². The molecule has 31 heavy (non-hydrogen) atoms. The smallest absolute Gasteiger partial charge is 0.234 e. The number of carbonyl (C=O) groups is 2. The Balaban J connectivity index is 1.58. The van der Waals surface area contributed by atoms with Crippen LogP contribution in [0.2, 0.25) is 0 Å². The Kier molecular flexibility index (Phi) is 5.29. The van der Waals surface area contributed by atoms with Gasteiger partial charge in [-0.25, -0.2) is 0 Å². The Morgan fingerprint density at radius 3 is 1.68 bits per heavy atom. The summed E-state index contributed by atoms with van der Waals surface area (Å²) < 4.78 is 0. The third kappa shape index (κ3) is 3.35. The largest absolute Gasteiger partial charge is 0.279 e. The maximum absolute atomic E-state index is 13.9. The second kappa shape index (κ2) is 8.11. The number of allylic oxidation sites excluding steroid dienone is 2. The van der Waals surface area contributed by atoms with Gasteiger partial charge in [-0.2, -0.15) is 0 Å². The molecular formula is C28H31NO2. The molecule has 2 aromatic rings. The first-order valence-corrected chi connectivity index (χ1v) is 11.7. The van der Waals surface area contributed by atoms with Crippen molar-refractivity contribution in [2.24, 2.45) is 23.7 Å². The summed E-state index contributed by atoms with van der Waals surface area (Å²) in [5.74, 6) is 0.215. The van der Waals surface area contributed by atoms with Crippen molar-refractivity contribution < 1.29 is 9.59 Å². The summed E-state index contributed by atoms with van der Waals surface area (Å²) in [5.41, 5.74) is 2.24. The molecule has 160 valence electrons. The van der Waals surface area contributed by atoms with Crippen LogP contribution >= 0.6 is 0 Å². The van der Waals surface area contributed by atoms with Gasteiger partial charge in [0.1, 0.15) is 0 Å². The first kappa shape index (κ1) is 20.2. The number of amides is 2. The van der Waals surface area contributed by atoms with Gasteiger partial charge in [0, 0.05) is 17.9 Å². The van der Waals surface area contributed by atoms with Gasteiger partial charge < -0.3 is 0 Å². The zero-order chi connectivity index (χ0) is 21.5. The number of nitrogens with zero attached hydrogens (tertiary/aromatic N) is 1. The highest BCUT2D eigenvalue weighted by atomic mass is 16.2. The molecule has 2 fully saturated rings. The number of imide groups is 1. The molecule has 7 atom stereocenters. The van der Waals surface area contributed by atoms with Crippen LogP contribution in [0.5, 0.6) is 0 Å². The van der Waals surface area contributed by atoms with Crippen LogP contribution in [0, 0.1) is 23.7 Å². The maximum atomic E-state index is 13.9. The first-order chi connectivity index (χ1) is 15.1. The van der Waals surface area contributed by atoms with Crippen molar-refractivity contribution in [3.63, 3.8) is 0 Å². The highest BCUT2D eigenvalue weighted by Gasteiger charge is 2.57. The molecule has 2 aromatic carbocycles. The van der Waals surface area contributed by atoms with Crippen LogP contribution in [0.1, 0.15) is 56.1 Å². The quantitative estimate of drug-likeness (QED) is 0.489. The average molecular weight is 414 g/mol. The Labute approximate surface area is 185 Å². The van der Waals surface area contributed by atoms with Crippen LogP contribution in [0.4, 0.5) is 0 Å². The fraction of sp³-hybridized carbons (Fsp3) is 0.429. The van der Waals surface area contributed by atoms with E-state index in [1.54, 1.807) is 4.90 Å². The van der Waals surface area contributed by atoms with E-state index in [0.29, 0.717) is 11.8 Å². The number of rotatable bonds is 3. The third-order valence-electron chi connectivity index (χ3n) is 8.10. The Morgan fingerprint density at radius 1 is 0.710 bits per heavy atom. The lowest BCUT2D eigenvalue weighted by atomic mass is 9.68. The molecule has 3 heteroatoms. The van der Waals surface area contributed by atoms with E-state index >= 15 is 0 Å². The van der Waals surface area contributed by atoms with Crippen molar-refractivity contribution in [3.05, 3.63) is 83.9 Å².